The first-order valence-electron chi connectivity index (χ1n) is 3.44. The minimum Gasteiger partial charge on any atom is -0.389 e. The Morgan fingerprint density at radius 1 is 1.92 bits per heavy atom. The van der Waals surface area contributed by atoms with Crippen LogP contribution in [0.25, 0.3) is 0 Å². The highest BCUT2D eigenvalue weighted by Crippen LogP contribution is 2.09. The topological polar surface area (TPSA) is 81.2 Å². The maximum Gasteiger partial charge on any atom is 0.342 e. The van der Waals surface area contributed by atoms with Crippen molar-refractivity contribution < 1.29 is 10.0 Å². The monoisotopic (exact) mass is 171 g/mol. The first kappa shape index (κ1) is 8.66. The Morgan fingerprint density at radius 3 is 3.08 bits per heavy atom. The molecule has 66 valence electrons. The molecule has 6 nitrogen and oxygen atoms in total. The summed E-state index contributed by atoms with van der Waals surface area (Å²) in [6.07, 6.45) is 1.87. The third kappa shape index (κ3) is 1.79. The fourth-order valence-electron chi connectivity index (χ4n) is 0.891. The van der Waals surface area contributed by atoms with Gasteiger partial charge in [-0.05, 0) is 11.8 Å². The molecular formula is C6H9N3O3. The minimum atomic E-state index is -0.613. The van der Waals surface area contributed by atoms with Gasteiger partial charge in [-0.2, -0.15) is 0 Å². The molecule has 1 N–H and O–H groups in total. The van der Waals surface area contributed by atoms with Crippen molar-refractivity contribution in [1.82, 2.24) is 9.55 Å². The van der Waals surface area contributed by atoms with Gasteiger partial charge in [0.25, 0.3) is 0 Å². The Morgan fingerprint density at radius 2 is 2.58 bits per heavy atom. The van der Waals surface area contributed by atoms with Gasteiger partial charge in [0, 0.05) is 0 Å². The maximum atomic E-state index is 10.3. The van der Waals surface area contributed by atoms with Crippen LogP contribution in [0.15, 0.2) is 12.5 Å². The summed E-state index contributed by atoms with van der Waals surface area (Å²) in [4.78, 5) is 13.4. The minimum absolute atomic E-state index is 0.101. The average Bonchev–Trinajstić information content (AvgIpc) is 2.33. The maximum absolute atomic E-state index is 10.3. The number of rotatable bonds is 3. The van der Waals surface area contributed by atoms with E-state index in [1.807, 2.05) is 0 Å². The van der Waals surface area contributed by atoms with Gasteiger partial charge in [-0.15, -0.1) is 0 Å². The van der Waals surface area contributed by atoms with Crippen LogP contribution in [-0.4, -0.2) is 25.7 Å². The van der Waals surface area contributed by atoms with E-state index in [2.05, 4.69) is 4.98 Å². The molecule has 1 atom stereocenters. The van der Waals surface area contributed by atoms with E-state index < -0.39 is 11.0 Å². The first-order chi connectivity index (χ1) is 5.61. The number of imidazole rings is 1. The summed E-state index contributed by atoms with van der Waals surface area (Å²) in [5.74, 6) is -0.101. The SMILES string of the molecule is CC(O)Cn1cncc1[N+](=O)[O-]. The Hall–Kier alpha value is -1.43. The van der Waals surface area contributed by atoms with E-state index in [1.54, 1.807) is 6.92 Å². The molecule has 0 radical (unpaired) electrons. The molecule has 0 amide bonds. The predicted octanol–water partition coefficient (Wildman–Crippen LogP) is 0.172. The standard InChI is InChI=1S/C6H9N3O3/c1-5(10)3-8-4-7-2-6(8)9(11)12/h2,4-5,10H,3H2,1H3. The lowest BCUT2D eigenvalue weighted by molar-refractivity contribution is -0.392. The van der Waals surface area contributed by atoms with Crippen LogP contribution in [0.4, 0.5) is 5.82 Å². The molecule has 1 aromatic heterocycles. The Bertz CT molecular complexity index is 281. The van der Waals surface area contributed by atoms with Crippen molar-refractivity contribution in [3.63, 3.8) is 0 Å². The lowest BCUT2D eigenvalue weighted by atomic mass is 10.4. The molecule has 0 aliphatic heterocycles. The van der Waals surface area contributed by atoms with Gasteiger partial charge in [0.2, 0.25) is 0 Å². The zero-order chi connectivity index (χ0) is 9.14. The molecule has 0 spiro atoms. The largest absolute Gasteiger partial charge is 0.389 e. The van der Waals surface area contributed by atoms with E-state index in [-0.39, 0.29) is 12.4 Å². The molecule has 0 aliphatic rings. The van der Waals surface area contributed by atoms with Crippen LogP contribution in [0, 0.1) is 10.1 Å². The van der Waals surface area contributed by atoms with E-state index >= 15 is 0 Å². The Kier molecular flexibility index (Phi) is 2.39. The number of hydrogen-bond donors (Lipinski definition) is 1. The van der Waals surface area contributed by atoms with Crippen molar-refractivity contribution in [2.24, 2.45) is 0 Å². The summed E-state index contributed by atoms with van der Waals surface area (Å²) >= 11 is 0. The molecule has 0 aliphatic carbocycles. The summed E-state index contributed by atoms with van der Waals surface area (Å²) < 4.78 is 1.30. The van der Waals surface area contributed by atoms with Gasteiger partial charge in [0.1, 0.15) is 12.7 Å². The molecule has 1 heterocycles. The Balaban J connectivity index is 2.84. The average molecular weight is 171 g/mol. The van der Waals surface area contributed by atoms with Gasteiger partial charge in [0.15, 0.2) is 6.33 Å². The van der Waals surface area contributed by atoms with Gasteiger partial charge in [-0.1, -0.05) is 0 Å². The highest BCUT2D eigenvalue weighted by molar-refractivity contribution is 5.14. The third-order valence-corrected chi connectivity index (χ3v) is 1.34. The lowest BCUT2D eigenvalue weighted by Gasteiger charge is -2.01. The molecule has 1 rings (SSSR count). The normalized spacial score (nSPS) is 12.8. The molecule has 0 saturated carbocycles. The first-order valence-corrected chi connectivity index (χ1v) is 3.44. The predicted molar refractivity (Wildman–Crippen MR) is 40.6 cm³/mol. The van der Waals surface area contributed by atoms with Gasteiger partial charge in [-0.25, -0.2) is 9.55 Å². The van der Waals surface area contributed by atoms with Crippen LogP contribution < -0.4 is 0 Å². The van der Waals surface area contributed by atoms with E-state index in [0.29, 0.717) is 0 Å². The molecule has 0 fully saturated rings. The highest BCUT2D eigenvalue weighted by Gasteiger charge is 2.13. The quantitative estimate of drug-likeness (QED) is 0.519. The van der Waals surface area contributed by atoms with E-state index in [0.717, 1.165) is 6.20 Å². The molecule has 1 unspecified atom stereocenters. The second-order valence-electron chi connectivity index (χ2n) is 2.51. The second-order valence-corrected chi connectivity index (χ2v) is 2.51. The van der Waals surface area contributed by atoms with Crippen LogP contribution in [0.5, 0.6) is 0 Å². The van der Waals surface area contributed by atoms with Gasteiger partial charge in [-0.3, -0.25) is 0 Å². The summed E-state index contributed by atoms with van der Waals surface area (Å²) in [5, 5.41) is 19.3. The fraction of sp³-hybridized carbons (Fsp3) is 0.500. The number of aliphatic hydroxyl groups is 1. The molecule has 12 heavy (non-hydrogen) atoms. The van der Waals surface area contributed by atoms with Gasteiger partial charge in [0.05, 0.1) is 6.10 Å². The zero-order valence-corrected chi connectivity index (χ0v) is 6.54. The molecule has 1 aromatic rings. The molecule has 6 heteroatoms. The zero-order valence-electron chi connectivity index (χ0n) is 6.54. The van der Waals surface area contributed by atoms with E-state index in [9.17, 15) is 10.1 Å². The molecule has 0 aromatic carbocycles. The lowest BCUT2D eigenvalue weighted by Crippen LogP contribution is -2.12. The van der Waals surface area contributed by atoms with Crippen molar-refractivity contribution in [1.29, 1.82) is 0 Å². The summed E-state index contributed by atoms with van der Waals surface area (Å²) in [7, 11) is 0. The van der Waals surface area contributed by atoms with Crippen molar-refractivity contribution >= 4 is 5.82 Å². The summed E-state index contributed by atoms with van der Waals surface area (Å²) in [6, 6.07) is 0. The number of aliphatic hydroxyl groups excluding tert-OH is 1. The summed E-state index contributed by atoms with van der Waals surface area (Å²) in [5.41, 5.74) is 0. The van der Waals surface area contributed by atoms with Crippen molar-refractivity contribution in [2.45, 2.75) is 19.6 Å². The van der Waals surface area contributed by atoms with E-state index in [4.69, 9.17) is 5.11 Å². The molecule has 0 saturated heterocycles. The third-order valence-electron chi connectivity index (χ3n) is 1.34. The van der Waals surface area contributed by atoms with Crippen molar-refractivity contribution in [3.8, 4) is 0 Å². The number of aromatic nitrogens is 2. The number of nitro groups is 1. The second kappa shape index (κ2) is 3.31. The molecule has 0 bridgehead atoms. The van der Waals surface area contributed by atoms with Crippen molar-refractivity contribution in [2.75, 3.05) is 0 Å². The van der Waals surface area contributed by atoms with Crippen LogP contribution in [0.3, 0.4) is 0 Å². The number of nitrogens with zero attached hydrogens (tertiary/aromatic N) is 3. The molecular weight excluding hydrogens is 162 g/mol. The summed E-state index contributed by atoms with van der Waals surface area (Å²) in [6.45, 7) is 1.75. The van der Waals surface area contributed by atoms with Crippen LogP contribution >= 0.6 is 0 Å². The van der Waals surface area contributed by atoms with E-state index in [1.165, 1.54) is 10.9 Å². The van der Waals surface area contributed by atoms with Crippen LogP contribution in [0.2, 0.25) is 0 Å². The smallest absolute Gasteiger partial charge is 0.342 e. The van der Waals surface area contributed by atoms with Crippen molar-refractivity contribution in [3.05, 3.63) is 22.6 Å². The number of hydrogen-bond acceptors (Lipinski definition) is 4. The van der Waals surface area contributed by atoms with Crippen LogP contribution in [-0.2, 0) is 6.54 Å². The fourth-order valence-corrected chi connectivity index (χ4v) is 0.891. The van der Waals surface area contributed by atoms with Gasteiger partial charge < -0.3 is 15.2 Å². The Labute approximate surface area is 68.6 Å². The van der Waals surface area contributed by atoms with Crippen LogP contribution in [0.1, 0.15) is 6.92 Å². The van der Waals surface area contributed by atoms with Gasteiger partial charge >= 0.3 is 5.82 Å². The highest BCUT2D eigenvalue weighted by atomic mass is 16.6.